The number of hydrogen-bond acceptors (Lipinski definition) is 7. The molecule has 0 fully saturated rings. The molecule has 0 spiro atoms. The molecule has 30 heavy (non-hydrogen) atoms. The van der Waals surface area contributed by atoms with Gasteiger partial charge in [-0.15, -0.1) is 13.2 Å². The summed E-state index contributed by atoms with van der Waals surface area (Å²) in [6.45, 7) is -0.112. The zero-order valence-electron chi connectivity index (χ0n) is 16.0. The third kappa shape index (κ3) is 5.21. The van der Waals surface area contributed by atoms with Crippen LogP contribution in [0, 0.1) is 10.1 Å². The van der Waals surface area contributed by atoms with Gasteiger partial charge < -0.3 is 24.3 Å². The van der Waals surface area contributed by atoms with Crippen LogP contribution >= 0.6 is 0 Å². The zero-order valence-corrected chi connectivity index (χ0v) is 16.0. The number of nitrogens with zero attached hydrogens (tertiary/aromatic N) is 1. The zero-order chi connectivity index (χ0) is 22.5. The minimum atomic E-state index is -4.82. The number of nitrogens with one attached hydrogen (secondary N) is 1. The average Bonchev–Trinajstić information content (AvgIpc) is 2.69. The first-order valence-corrected chi connectivity index (χ1v) is 8.21. The number of benzene rings is 2. The molecule has 0 aliphatic heterocycles. The number of carbonyl (C=O) groups is 1. The SMILES string of the molecule is COc1cc(C(=O)NCc2ccc(OC(F)(F)F)cc2)c([N+](=O)[O-])c(OC)c1OC. The van der Waals surface area contributed by atoms with E-state index in [-0.39, 0.29) is 29.4 Å². The molecule has 0 heterocycles. The van der Waals surface area contributed by atoms with E-state index in [2.05, 4.69) is 10.1 Å². The van der Waals surface area contributed by atoms with E-state index in [0.29, 0.717) is 5.56 Å². The number of nitro benzene ring substituents is 1. The summed E-state index contributed by atoms with van der Waals surface area (Å²) in [5, 5.41) is 14.0. The molecule has 0 aromatic heterocycles. The summed E-state index contributed by atoms with van der Waals surface area (Å²) < 4.78 is 55.6. The Bertz CT molecular complexity index is 931. The standard InChI is InChI=1S/C18H17F3N2O7/c1-27-13-8-12(14(23(25)26)16(29-3)15(13)28-2)17(24)22-9-10-4-6-11(7-5-10)30-18(19,20)21/h4-8H,9H2,1-3H3,(H,22,24). The second kappa shape index (κ2) is 9.20. The molecule has 0 radical (unpaired) electrons. The summed E-state index contributed by atoms with van der Waals surface area (Å²) in [7, 11) is 3.72. The van der Waals surface area contributed by atoms with Crippen molar-refractivity contribution in [3.8, 4) is 23.0 Å². The molecule has 1 N–H and O–H groups in total. The average molecular weight is 430 g/mol. The third-order valence-corrected chi connectivity index (χ3v) is 3.84. The van der Waals surface area contributed by atoms with Crippen LogP contribution in [0.1, 0.15) is 15.9 Å². The Labute approximate surface area is 168 Å². The molecular weight excluding hydrogens is 413 g/mol. The summed E-state index contributed by atoms with van der Waals surface area (Å²) in [5.74, 6) is -1.54. The van der Waals surface area contributed by atoms with Gasteiger partial charge in [0.2, 0.25) is 11.5 Å². The Hall–Kier alpha value is -3.70. The van der Waals surface area contributed by atoms with Crippen LogP contribution in [0.25, 0.3) is 0 Å². The predicted octanol–water partition coefficient (Wildman–Crippen LogP) is 3.45. The number of rotatable bonds is 8. The minimum Gasteiger partial charge on any atom is -0.493 e. The predicted molar refractivity (Wildman–Crippen MR) is 97.0 cm³/mol. The van der Waals surface area contributed by atoms with Gasteiger partial charge in [-0.3, -0.25) is 14.9 Å². The number of ether oxygens (including phenoxy) is 4. The topological polar surface area (TPSA) is 109 Å². The Morgan fingerprint density at radius 2 is 1.67 bits per heavy atom. The van der Waals surface area contributed by atoms with E-state index in [0.717, 1.165) is 18.2 Å². The number of amides is 1. The lowest BCUT2D eigenvalue weighted by molar-refractivity contribution is -0.386. The van der Waals surface area contributed by atoms with Crippen molar-refractivity contribution in [2.75, 3.05) is 21.3 Å². The van der Waals surface area contributed by atoms with Crippen molar-refractivity contribution in [2.45, 2.75) is 12.9 Å². The molecule has 0 unspecified atom stereocenters. The first-order chi connectivity index (χ1) is 14.1. The summed E-state index contributed by atoms with van der Waals surface area (Å²) >= 11 is 0. The molecule has 0 atom stereocenters. The van der Waals surface area contributed by atoms with Crippen molar-refractivity contribution in [1.29, 1.82) is 0 Å². The van der Waals surface area contributed by atoms with Crippen LogP contribution in [0.15, 0.2) is 30.3 Å². The van der Waals surface area contributed by atoms with E-state index in [1.807, 2.05) is 0 Å². The Kier molecular flexibility index (Phi) is 6.93. The number of halogens is 3. The highest BCUT2D eigenvalue weighted by Crippen LogP contribution is 2.46. The van der Waals surface area contributed by atoms with E-state index >= 15 is 0 Å². The van der Waals surface area contributed by atoms with Gasteiger partial charge in [0.1, 0.15) is 11.3 Å². The van der Waals surface area contributed by atoms with Gasteiger partial charge in [0.25, 0.3) is 5.91 Å². The van der Waals surface area contributed by atoms with Crippen LogP contribution in [-0.4, -0.2) is 38.5 Å². The lowest BCUT2D eigenvalue weighted by Crippen LogP contribution is -2.24. The highest BCUT2D eigenvalue weighted by Gasteiger charge is 2.33. The van der Waals surface area contributed by atoms with Gasteiger partial charge in [-0.25, -0.2) is 0 Å². The normalized spacial score (nSPS) is 10.9. The van der Waals surface area contributed by atoms with Crippen LogP contribution in [0.4, 0.5) is 18.9 Å². The van der Waals surface area contributed by atoms with Crippen molar-refractivity contribution in [2.24, 2.45) is 0 Å². The molecule has 0 aliphatic carbocycles. The molecule has 0 saturated heterocycles. The first kappa shape index (κ1) is 22.6. The number of methoxy groups -OCH3 is 3. The van der Waals surface area contributed by atoms with Crippen LogP contribution in [0.2, 0.25) is 0 Å². The lowest BCUT2D eigenvalue weighted by atomic mass is 10.1. The fourth-order valence-electron chi connectivity index (χ4n) is 2.58. The van der Waals surface area contributed by atoms with Gasteiger partial charge >= 0.3 is 12.0 Å². The van der Waals surface area contributed by atoms with Gasteiger partial charge in [-0.2, -0.15) is 0 Å². The maximum atomic E-state index is 12.6. The summed E-state index contributed by atoms with van der Waals surface area (Å²) in [4.78, 5) is 23.3. The van der Waals surface area contributed by atoms with Crippen molar-refractivity contribution in [3.05, 3.63) is 51.6 Å². The van der Waals surface area contributed by atoms with Crippen molar-refractivity contribution >= 4 is 11.6 Å². The minimum absolute atomic E-state index is 0.0405. The van der Waals surface area contributed by atoms with Crippen LogP contribution in [-0.2, 0) is 6.54 Å². The van der Waals surface area contributed by atoms with Gasteiger partial charge in [-0.05, 0) is 17.7 Å². The van der Waals surface area contributed by atoms with Gasteiger partial charge in [-0.1, -0.05) is 12.1 Å². The van der Waals surface area contributed by atoms with Crippen molar-refractivity contribution in [3.63, 3.8) is 0 Å². The first-order valence-electron chi connectivity index (χ1n) is 8.21. The largest absolute Gasteiger partial charge is 0.573 e. The van der Waals surface area contributed by atoms with Crippen LogP contribution < -0.4 is 24.3 Å². The Morgan fingerprint density at radius 1 is 1.07 bits per heavy atom. The molecular formula is C18H17F3N2O7. The molecule has 0 saturated carbocycles. The Morgan fingerprint density at radius 3 is 2.13 bits per heavy atom. The monoisotopic (exact) mass is 430 g/mol. The number of hydrogen-bond donors (Lipinski definition) is 1. The molecule has 162 valence electrons. The number of alkyl halides is 3. The van der Waals surface area contributed by atoms with E-state index in [1.54, 1.807) is 0 Å². The number of carbonyl (C=O) groups excluding carboxylic acids is 1. The smallest absolute Gasteiger partial charge is 0.493 e. The lowest BCUT2D eigenvalue weighted by Gasteiger charge is -2.15. The molecule has 2 rings (SSSR count). The fourth-order valence-corrected chi connectivity index (χ4v) is 2.58. The summed E-state index contributed by atoms with van der Waals surface area (Å²) in [6, 6.07) is 5.92. The second-order valence-electron chi connectivity index (χ2n) is 5.67. The highest BCUT2D eigenvalue weighted by atomic mass is 19.4. The third-order valence-electron chi connectivity index (χ3n) is 3.84. The summed E-state index contributed by atoms with van der Waals surface area (Å²) in [5.41, 5.74) is -0.527. The summed E-state index contributed by atoms with van der Waals surface area (Å²) in [6.07, 6.45) is -4.82. The maximum Gasteiger partial charge on any atom is 0.573 e. The van der Waals surface area contributed by atoms with Gasteiger partial charge in [0, 0.05) is 12.6 Å². The second-order valence-corrected chi connectivity index (χ2v) is 5.67. The maximum absolute atomic E-state index is 12.6. The molecule has 0 aliphatic rings. The van der Waals surface area contributed by atoms with E-state index in [1.165, 1.54) is 33.5 Å². The fraction of sp³-hybridized carbons (Fsp3) is 0.278. The van der Waals surface area contributed by atoms with E-state index in [9.17, 15) is 28.1 Å². The molecule has 9 nitrogen and oxygen atoms in total. The molecule has 2 aromatic carbocycles. The van der Waals surface area contributed by atoms with Crippen LogP contribution in [0.5, 0.6) is 23.0 Å². The molecule has 1 amide bonds. The van der Waals surface area contributed by atoms with E-state index in [4.69, 9.17) is 14.2 Å². The molecule has 12 heteroatoms. The highest BCUT2D eigenvalue weighted by molar-refractivity contribution is 6.00. The van der Waals surface area contributed by atoms with Gasteiger partial charge in [0.05, 0.1) is 26.3 Å². The van der Waals surface area contributed by atoms with Crippen molar-refractivity contribution < 1.29 is 41.8 Å². The Balaban J connectivity index is 2.27. The molecule has 0 bridgehead atoms. The number of nitro groups is 1. The molecule has 2 aromatic rings. The van der Waals surface area contributed by atoms with Crippen LogP contribution in [0.3, 0.4) is 0 Å². The quantitative estimate of drug-likeness (QED) is 0.505. The van der Waals surface area contributed by atoms with E-state index < -0.39 is 28.6 Å². The van der Waals surface area contributed by atoms with Gasteiger partial charge in [0.15, 0.2) is 5.75 Å². The van der Waals surface area contributed by atoms with Crippen molar-refractivity contribution in [1.82, 2.24) is 5.32 Å².